The minimum Gasteiger partial charge on any atom is -0.258 e. The molecule has 0 spiro atoms. The normalized spacial score (nSPS) is 12.0. The molecule has 3 heteroatoms. The van der Waals surface area contributed by atoms with Gasteiger partial charge >= 0.3 is 0 Å². The SMILES string of the molecule is O=[N+]([O-])c1ccccc1-c1cc2c(c3ccccc13)-c1ccccc1C2. The Morgan fingerprint density at radius 1 is 0.692 bits per heavy atom. The van der Waals surface area contributed by atoms with Crippen molar-refractivity contribution in [3.63, 3.8) is 0 Å². The predicted octanol–water partition coefficient (Wildman–Crippen LogP) is 5.99. The molecule has 0 unspecified atom stereocenters. The van der Waals surface area contributed by atoms with Gasteiger partial charge in [0.05, 0.1) is 10.5 Å². The average Bonchev–Trinajstić information content (AvgIpc) is 3.06. The molecule has 0 saturated heterocycles. The topological polar surface area (TPSA) is 43.1 Å². The zero-order valence-corrected chi connectivity index (χ0v) is 14.0. The molecular formula is C23H15NO2. The summed E-state index contributed by atoms with van der Waals surface area (Å²) in [5, 5.41) is 13.8. The van der Waals surface area contributed by atoms with Crippen molar-refractivity contribution in [2.45, 2.75) is 6.42 Å². The van der Waals surface area contributed by atoms with Gasteiger partial charge in [-0.05, 0) is 57.1 Å². The van der Waals surface area contributed by atoms with E-state index < -0.39 is 0 Å². The first-order valence-corrected chi connectivity index (χ1v) is 8.61. The molecule has 0 radical (unpaired) electrons. The van der Waals surface area contributed by atoms with Gasteiger partial charge in [0, 0.05) is 6.07 Å². The Balaban J connectivity index is 1.88. The van der Waals surface area contributed by atoms with Crippen LogP contribution in [0.3, 0.4) is 0 Å². The second-order valence-electron chi connectivity index (χ2n) is 6.61. The molecule has 0 aliphatic heterocycles. The largest absolute Gasteiger partial charge is 0.277 e. The van der Waals surface area contributed by atoms with Crippen molar-refractivity contribution in [2.75, 3.05) is 0 Å². The number of para-hydroxylation sites is 1. The molecule has 26 heavy (non-hydrogen) atoms. The third-order valence-electron chi connectivity index (χ3n) is 5.18. The van der Waals surface area contributed by atoms with Crippen molar-refractivity contribution >= 4 is 16.5 Å². The molecule has 0 aromatic heterocycles. The molecule has 124 valence electrons. The molecule has 4 aromatic carbocycles. The fourth-order valence-electron chi connectivity index (χ4n) is 4.10. The van der Waals surface area contributed by atoms with Gasteiger partial charge in [0.15, 0.2) is 0 Å². The molecule has 0 N–H and O–H groups in total. The van der Waals surface area contributed by atoms with Crippen LogP contribution >= 0.6 is 0 Å². The molecular weight excluding hydrogens is 322 g/mol. The molecule has 0 amide bonds. The monoisotopic (exact) mass is 337 g/mol. The van der Waals surface area contributed by atoms with Crippen LogP contribution in [0.5, 0.6) is 0 Å². The first-order chi connectivity index (χ1) is 12.7. The summed E-state index contributed by atoms with van der Waals surface area (Å²) in [6, 6.07) is 25.8. The number of nitrogens with zero attached hydrogens (tertiary/aromatic N) is 1. The number of nitro groups is 1. The fraction of sp³-hybridized carbons (Fsp3) is 0.0435. The summed E-state index contributed by atoms with van der Waals surface area (Å²) >= 11 is 0. The number of hydrogen-bond donors (Lipinski definition) is 0. The molecule has 4 aromatic rings. The lowest BCUT2D eigenvalue weighted by atomic mass is 9.90. The predicted molar refractivity (Wildman–Crippen MR) is 104 cm³/mol. The molecule has 0 heterocycles. The highest BCUT2D eigenvalue weighted by atomic mass is 16.6. The van der Waals surface area contributed by atoms with Gasteiger partial charge in [-0.15, -0.1) is 0 Å². The van der Waals surface area contributed by atoms with Gasteiger partial charge in [-0.2, -0.15) is 0 Å². The molecule has 1 aliphatic rings. The van der Waals surface area contributed by atoms with Crippen molar-refractivity contribution in [3.05, 3.63) is 100 Å². The zero-order chi connectivity index (χ0) is 17.7. The lowest BCUT2D eigenvalue weighted by molar-refractivity contribution is -0.384. The van der Waals surface area contributed by atoms with Gasteiger partial charge in [0.1, 0.15) is 0 Å². The van der Waals surface area contributed by atoms with Gasteiger partial charge in [-0.25, -0.2) is 0 Å². The summed E-state index contributed by atoms with van der Waals surface area (Å²) in [6.45, 7) is 0. The lowest BCUT2D eigenvalue weighted by Gasteiger charge is -2.13. The fourth-order valence-corrected chi connectivity index (χ4v) is 4.10. The summed E-state index contributed by atoms with van der Waals surface area (Å²) < 4.78 is 0. The summed E-state index contributed by atoms with van der Waals surface area (Å²) in [5.41, 5.74) is 6.83. The van der Waals surface area contributed by atoms with Crippen molar-refractivity contribution in [1.82, 2.24) is 0 Å². The van der Waals surface area contributed by atoms with Crippen molar-refractivity contribution < 1.29 is 4.92 Å². The molecule has 3 nitrogen and oxygen atoms in total. The van der Waals surface area contributed by atoms with Crippen LogP contribution in [0.15, 0.2) is 78.9 Å². The van der Waals surface area contributed by atoms with E-state index in [1.807, 2.05) is 24.3 Å². The number of rotatable bonds is 2. The summed E-state index contributed by atoms with van der Waals surface area (Å²) in [7, 11) is 0. The molecule has 0 fully saturated rings. The van der Waals surface area contributed by atoms with Gasteiger partial charge in [-0.1, -0.05) is 60.7 Å². The number of hydrogen-bond acceptors (Lipinski definition) is 2. The van der Waals surface area contributed by atoms with E-state index in [0.717, 1.165) is 22.8 Å². The minimum atomic E-state index is -0.300. The minimum absolute atomic E-state index is 0.146. The lowest BCUT2D eigenvalue weighted by Crippen LogP contribution is -1.94. The van der Waals surface area contributed by atoms with Crippen LogP contribution in [0.2, 0.25) is 0 Å². The standard InChI is InChI=1S/C23H15NO2/c25-24(26)22-12-6-5-10-19(22)21-14-16-13-15-7-1-2-8-17(15)23(16)20-11-4-3-9-18(20)21/h1-12,14H,13H2. The Labute approximate surface area is 150 Å². The molecule has 5 rings (SSSR count). The van der Waals surface area contributed by atoms with Crippen LogP contribution in [0.1, 0.15) is 11.1 Å². The second kappa shape index (κ2) is 5.53. The first kappa shape index (κ1) is 14.8. The van der Waals surface area contributed by atoms with E-state index in [4.69, 9.17) is 0 Å². The summed E-state index contributed by atoms with van der Waals surface area (Å²) in [5.74, 6) is 0. The van der Waals surface area contributed by atoms with E-state index >= 15 is 0 Å². The van der Waals surface area contributed by atoms with E-state index in [2.05, 4.69) is 42.5 Å². The van der Waals surface area contributed by atoms with Crippen molar-refractivity contribution in [1.29, 1.82) is 0 Å². The van der Waals surface area contributed by atoms with Crippen LogP contribution in [0, 0.1) is 10.1 Å². The Hall–Kier alpha value is -3.46. The van der Waals surface area contributed by atoms with E-state index in [-0.39, 0.29) is 10.6 Å². The second-order valence-corrected chi connectivity index (χ2v) is 6.61. The number of fused-ring (bicyclic) bond motifs is 5. The smallest absolute Gasteiger partial charge is 0.258 e. The highest BCUT2D eigenvalue weighted by molar-refractivity contribution is 6.08. The highest BCUT2D eigenvalue weighted by Crippen LogP contribution is 2.45. The molecule has 1 aliphatic carbocycles. The van der Waals surface area contributed by atoms with Gasteiger partial charge in [0.2, 0.25) is 0 Å². The van der Waals surface area contributed by atoms with E-state index in [1.54, 1.807) is 12.1 Å². The maximum Gasteiger partial charge on any atom is 0.277 e. The Bertz CT molecular complexity index is 1190. The number of nitro benzene ring substituents is 1. The Kier molecular flexibility index (Phi) is 3.16. The summed E-state index contributed by atoms with van der Waals surface area (Å²) in [6.07, 6.45) is 0.865. The average molecular weight is 337 g/mol. The number of benzene rings is 4. The maximum atomic E-state index is 11.5. The van der Waals surface area contributed by atoms with Crippen LogP contribution in [-0.2, 0) is 6.42 Å². The van der Waals surface area contributed by atoms with E-state index in [1.165, 1.54) is 22.3 Å². The summed E-state index contributed by atoms with van der Waals surface area (Å²) in [4.78, 5) is 11.2. The van der Waals surface area contributed by atoms with E-state index in [0.29, 0.717) is 5.56 Å². The molecule has 0 bridgehead atoms. The third-order valence-corrected chi connectivity index (χ3v) is 5.18. The first-order valence-electron chi connectivity index (χ1n) is 8.61. The van der Waals surface area contributed by atoms with Crippen LogP contribution in [0.25, 0.3) is 33.0 Å². The third kappa shape index (κ3) is 2.07. The molecule has 0 atom stereocenters. The van der Waals surface area contributed by atoms with Gasteiger partial charge in [0.25, 0.3) is 5.69 Å². The van der Waals surface area contributed by atoms with E-state index in [9.17, 15) is 10.1 Å². The van der Waals surface area contributed by atoms with Gasteiger partial charge < -0.3 is 0 Å². The van der Waals surface area contributed by atoms with Gasteiger partial charge in [-0.3, -0.25) is 10.1 Å². The van der Waals surface area contributed by atoms with Crippen molar-refractivity contribution in [2.24, 2.45) is 0 Å². The van der Waals surface area contributed by atoms with Crippen LogP contribution in [0.4, 0.5) is 5.69 Å². The Morgan fingerprint density at radius 3 is 2.15 bits per heavy atom. The zero-order valence-electron chi connectivity index (χ0n) is 14.0. The highest BCUT2D eigenvalue weighted by Gasteiger charge is 2.24. The van der Waals surface area contributed by atoms with Crippen LogP contribution in [-0.4, -0.2) is 4.92 Å². The van der Waals surface area contributed by atoms with Crippen LogP contribution < -0.4 is 0 Å². The van der Waals surface area contributed by atoms with Crippen molar-refractivity contribution in [3.8, 4) is 22.3 Å². The maximum absolute atomic E-state index is 11.5. The molecule has 0 saturated carbocycles. The quantitative estimate of drug-likeness (QED) is 0.293. The Morgan fingerprint density at radius 2 is 1.35 bits per heavy atom.